The molecule has 1 atom stereocenters. The molecule has 1 nitrogen and oxygen atoms in total. The van der Waals surface area contributed by atoms with E-state index in [2.05, 4.69) is 27.9 Å². The maximum Gasteiger partial charge on any atom is 0.00675 e. The molecule has 0 amide bonds. The number of nitrogens with zero attached hydrogens (tertiary/aromatic N) is 1. The Morgan fingerprint density at radius 2 is 2.00 bits per heavy atom. The fourth-order valence-corrected chi connectivity index (χ4v) is 2.30. The van der Waals surface area contributed by atoms with Gasteiger partial charge in [-0.15, -0.1) is 0 Å². The Balaban J connectivity index is 2.46. The van der Waals surface area contributed by atoms with Crippen molar-refractivity contribution in [2.75, 3.05) is 13.1 Å². The molecule has 0 aromatic carbocycles. The molecule has 0 saturated carbocycles. The summed E-state index contributed by atoms with van der Waals surface area (Å²) in [4.78, 5) is 0. The normalized spacial score (nSPS) is 27.9. The van der Waals surface area contributed by atoms with Gasteiger partial charge in [0.05, 0.1) is 0 Å². The summed E-state index contributed by atoms with van der Waals surface area (Å²) in [6.07, 6.45) is 4.16. The second kappa shape index (κ2) is 3.19. The van der Waals surface area contributed by atoms with E-state index in [0.717, 1.165) is 0 Å². The van der Waals surface area contributed by atoms with Crippen LogP contribution < -0.4 is 0 Å². The highest BCUT2D eigenvalue weighted by Gasteiger charge is 2.22. The van der Waals surface area contributed by atoms with E-state index in [9.17, 15) is 0 Å². The molecule has 10 heavy (non-hydrogen) atoms. The largest absolute Gasteiger partial charge is 0.287 e. The fourth-order valence-electron chi connectivity index (χ4n) is 1.63. The summed E-state index contributed by atoms with van der Waals surface area (Å²) >= 11 is 0. The zero-order valence-corrected chi connectivity index (χ0v) is 8.21. The molecule has 1 aliphatic rings. The van der Waals surface area contributed by atoms with Crippen molar-refractivity contribution in [1.29, 1.82) is 0 Å². The minimum absolute atomic E-state index is 0.540. The van der Waals surface area contributed by atoms with Crippen LogP contribution in [-0.2, 0) is 0 Å². The number of hydrogen-bond acceptors (Lipinski definition) is 1. The molecule has 1 heterocycles. The lowest BCUT2D eigenvalue weighted by molar-refractivity contribution is 0.286. The average molecular weight is 159 g/mol. The predicted molar refractivity (Wildman–Crippen MR) is 48.9 cm³/mol. The Morgan fingerprint density at radius 3 is 2.70 bits per heavy atom. The van der Waals surface area contributed by atoms with Crippen molar-refractivity contribution in [1.82, 2.24) is 4.67 Å². The summed E-state index contributed by atoms with van der Waals surface area (Å²) in [5, 5.41) is 0. The standard InChI is InChI=1S/C8H18NP/c1-8(2)5-3-4-6-9(10)7-8/h3-7,10H2,1-2H3. The van der Waals surface area contributed by atoms with Gasteiger partial charge in [0, 0.05) is 13.1 Å². The molecule has 0 N–H and O–H groups in total. The van der Waals surface area contributed by atoms with Gasteiger partial charge in [0.25, 0.3) is 0 Å². The van der Waals surface area contributed by atoms with Crippen LogP contribution in [0.15, 0.2) is 0 Å². The van der Waals surface area contributed by atoms with Gasteiger partial charge >= 0.3 is 0 Å². The molecular formula is C8H18NP. The summed E-state index contributed by atoms with van der Waals surface area (Å²) in [5.41, 5.74) is 0.540. The second-order valence-corrected chi connectivity index (χ2v) is 4.82. The Labute approximate surface area is 66.4 Å². The third-order valence-corrected chi connectivity index (χ3v) is 2.62. The van der Waals surface area contributed by atoms with Crippen LogP contribution >= 0.6 is 9.39 Å². The van der Waals surface area contributed by atoms with Gasteiger partial charge in [-0.3, -0.25) is 4.67 Å². The van der Waals surface area contributed by atoms with Gasteiger partial charge in [0.15, 0.2) is 0 Å². The molecule has 0 bridgehead atoms. The monoisotopic (exact) mass is 159 g/mol. The molecule has 0 aromatic rings. The van der Waals surface area contributed by atoms with Crippen LogP contribution in [0.5, 0.6) is 0 Å². The van der Waals surface area contributed by atoms with Crippen LogP contribution in [0.2, 0.25) is 0 Å². The molecular weight excluding hydrogens is 141 g/mol. The van der Waals surface area contributed by atoms with Gasteiger partial charge in [0.1, 0.15) is 0 Å². The van der Waals surface area contributed by atoms with Crippen LogP contribution in [-0.4, -0.2) is 17.8 Å². The highest BCUT2D eigenvalue weighted by Crippen LogP contribution is 2.28. The van der Waals surface area contributed by atoms with E-state index in [1.165, 1.54) is 32.4 Å². The minimum atomic E-state index is 0.540. The quantitative estimate of drug-likeness (QED) is 0.490. The van der Waals surface area contributed by atoms with Gasteiger partial charge in [-0.1, -0.05) is 29.7 Å². The van der Waals surface area contributed by atoms with Crippen LogP contribution in [0.3, 0.4) is 0 Å². The third-order valence-electron chi connectivity index (χ3n) is 2.18. The van der Waals surface area contributed by atoms with E-state index in [4.69, 9.17) is 0 Å². The molecule has 0 aliphatic carbocycles. The van der Waals surface area contributed by atoms with E-state index in [0.29, 0.717) is 5.41 Å². The van der Waals surface area contributed by atoms with Crippen LogP contribution in [0.1, 0.15) is 33.1 Å². The lowest BCUT2D eigenvalue weighted by Crippen LogP contribution is -2.24. The van der Waals surface area contributed by atoms with E-state index < -0.39 is 0 Å². The Hall–Kier alpha value is 0.390. The summed E-state index contributed by atoms with van der Waals surface area (Å²) in [5.74, 6) is 0. The summed E-state index contributed by atoms with van der Waals surface area (Å²) in [7, 11) is 2.81. The maximum atomic E-state index is 2.81. The highest BCUT2D eigenvalue weighted by atomic mass is 31.0. The lowest BCUT2D eigenvalue weighted by atomic mass is 9.88. The van der Waals surface area contributed by atoms with E-state index in [1.807, 2.05) is 0 Å². The highest BCUT2D eigenvalue weighted by molar-refractivity contribution is 7.13. The smallest absolute Gasteiger partial charge is 0.00675 e. The zero-order chi connectivity index (χ0) is 7.61. The first kappa shape index (κ1) is 8.49. The Kier molecular flexibility index (Phi) is 2.71. The molecule has 60 valence electrons. The van der Waals surface area contributed by atoms with Crippen molar-refractivity contribution in [2.45, 2.75) is 33.1 Å². The molecule has 1 rings (SSSR count). The van der Waals surface area contributed by atoms with Crippen molar-refractivity contribution < 1.29 is 0 Å². The Bertz CT molecular complexity index is 112. The van der Waals surface area contributed by atoms with Crippen LogP contribution in [0.4, 0.5) is 0 Å². The number of hydrogen-bond donors (Lipinski definition) is 0. The second-order valence-electron chi connectivity index (χ2n) is 4.09. The van der Waals surface area contributed by atoms with Gasteiger partial charge in [-0.25, -0.2) is 0 Å². The first-order chi connectivity index (χ1) is 4.60. The Morgan fingerprint density at radius 1 is 1.30 bits per heavy atom. The van der Waals surface area contributed by atoms with Crippen LogP contribution in [0, 0.1) is 5.41 Å². The SMILES string of the molecule is CC1(C)CCCCN(P)C1. The summed E-state index contributed by atoms with van der Waals surface area (Å²) in [6, 6.07) is 0. The van der Waals surface area contributed by atoms with Gasteiger partial charge in [0.2, 0.25) is 0 Å². The zero-order valence-electron chi connectivity index (χ0n) is 7.06. The van der Waals surface area contributed by atoms with E-state index in [1.54, 1.807) is 0 Å². The van der Waals surface area contributed by atoms with Crippen molar-refractivity contribution in [3.63, 3.8) is 0 Å². The molecule has 1 saturated heterocycles. The van der Waals surface area contributed by atoms with Crippen LogP contribution in [0.25, 0.3) is 0 Å². The van der Waals surface area contributed by atoms with E-state index in [-0.39, 0.29) is 0 Å². The molecule has 1 fully saturated rings. The summed E-state index contributed by atoms with van der Waals surface area (Å²) < 4.78 is 2.37. The first-order valence-electron chi connectivity index (χ1n) is 4.10. The van der Waals surface area contributed by atoms with Gasteiger partial charge in [-0.2, -0.15) is 0 Å². The third kappa shape index (κ3) is 2.56. The van der Waals surface area contributed by atoms with Crippen molar-refractivity contribution in [2.24, 2.45) is 5.41 Å². The molecule has 0 radical (unpaired) electrons. The van der Waals surface area contributed by atoms with Gasteiger partial charge in [-0.05, 0) is 18.3 Å². The minimum Gasteiger partial charge on any atom is -0.287 e. The first-order valence-corrected chi connectivity index (χ1v) is 4.61. The predicted octanol–water partition coefficient (Wildman–Crippen LogP) is 2.29. The van der Waals surface area contributed by atoms with Crippen molar-refractivity contribution in [3.8, 4) is 0 Å². The summed E-state index contributed by atoms with van der Waals surface area (Å²) in [6.45, 7) is 7.20. The molecule has 2 heteroatoms. The van der Waals surface area contributed by atoms with Crippen molar-refractivity contribution in [3.05, 3.63) is 0 Å². The van der Waals surface area contributed by atoms with Crippen molar-refractivity contribution >= 4 is 9.39 Å². The molecule has 1 aliphatic heterocycles. The fraction of sp³-hybridized carbons (Fsp3) is 1.00. The molecule has 1 unspecified atom stereocenters. The topological polar surface area (TPSA) is 3.24 Å². The average Bonchev–Trinajstić information content (AvgIpc) is 1.90. The maximum absolute atomic E-state index is 2.81. The van der Waals surface area contributed by atoms with E-state index >= 15 is 0 Å². The van der Waals surface area contributed by atoms with Gasteiger partial charge < -0.3 is 0 Å². The molecule has 0 aromatic heterocycles. The molecule has 0 spiro atoms. The number of rotatable bonds is 0. The lowest BCUT2D eigenvalue weighted by Gasteiger charge is -2.26.